The molecule has 0 bridgehead atoms. The summed E-state index contributed by atoms with van der Waals surface area (Å²) in [6, 6.07) is 20.3. The number of hydrogen-bond donors (Lipinski definition) is 1. The minimum atomic E-state index is -4.17. The first-order valence-electron chi connectivity index (χ1n) is 12.6. The molecule has 1 atom stereocenters. The van der Waals surface area contributed by atoms with E-state index in [1.807, 2.05) is 44.2 Å². The Bertz CT molecular complexity index is 1380. The maximum Gasteiger partial charge on any atom is 0.264 e. The van der Waals surface area contributed by atoms with Crippen LogP contribution >= 0.6 is 15.9 Å². The lowest BCUT2D eigenvalue weighted by Crippen LogP contribution is -2.52. The van der Waals surface area contributed by atoms with Gasteiger partial charge < -0.3 is 15.0 Å². The Kier molecular flexibility index (Phi) is 10.5. The molecule has 208 valence electrons. The molecule has 0 radical (unpaired) electrons. The van der Waals surface area contributed by atoms with Gasteiger partial charge in [0, 0.05) is 13.6 Å². The number of rotatable bonds is 12. The second kappa shape index (κ2) is 13.6. The third-order valence-corrected chi connectivity index (χ3v) is 8.82. The monoisotopic (exact) mass is 615 g/mol. The van der Waals surface area contributed by atoms with Crippen molar-refractivity contribution in [3.05, 3.63) is 88.4 Å². The van der Waals surface area contributed by atoms with Gasteiger partial charge in [0.2, 0.25) is 11.8 Å². The number of amides is 2. The summed E-state index contributed by atoms with van der Waals surface area (Å²) in [6.07, 6.45) is 0.895. The molecule has 0 fully saturated rings. The lowest BCUT2D eigenvalue weighted by Gasteiger charge is -2.33. The molecule has 2 amide bonds. The van der Waals surface area contributed by atoms with Crippen molar-refractivity contribution in [1.82, 2.24) is 10.2 Å². The highest BCUT2D eigenvalue weighted by Crippen LogP contribution is 2.31. The van der Waals surface area contributed by atoms with Gasteiger partial charge in [-0.05, 0) is 71.6 Å². The van der Waals surface area contributed by atoms with Gasteiger partial charge >= 0.3 is 0 Å². The van der Waals surface area contributed by atoms with Crippen molar-refractivity contribution in [2.75, 3.05) is 31.6 Å². The van der Waals surface area contributed by atoms with E-state index in [0.29, 0.717) is 28.8 Å². The normalized spacial score (nSPS) is 11.9. The molecular weight excluding hydrogens is 582 g/mol. The minimum absolute atomic E-state index is 0.00210. The molecule has 39 heavy (non-hydrogen) atoms. The van der Waals surface area contributed by atoms with Gasteiger partial charge in [0.15, 0.2) is 0 Å². The Balaban J connectivity index is 2.02. The van der Waals surface area contributed by atoms with Crippen LogP contribution in [0.5, 0.6) is 5.75 Å². The number of ether oxygens (including phenoxy) is 1. The SMILES string of the molecule is CC[C@H](C(=O)NC)N(CCc1ccccc1)C(=O)CN(c1ccc(C)cc1)S(=O)(=O)c1ccc(OC)c(Br)c1. The number of anilines is 1. The summed E-state index contributed by atoms with van der Waals surface area (Å²) < 4.78 is 34.7. The van der Waals surface area contributed by atoms with Crippen molar-refractivity contribution in [2.45, 2.75) is 37.6 Å². The molecule has 10 heteroatoms. The number of carbonyl (C=O) groups is 2. The van der Waals surface area contributed by atoms with Gasteiger partial charge in [-0.1, -0.05) is 55.0 Å². The van der Waals surface area contributed by atoms with Crippen LogP contribution < -0.4 is 14.4 Å². The van der Waals surface area contributed by atoms with Crippen molar-refractivity contribution in [3.8, 4) is 5.75 Å². The van der Waals surface area contributed by atoms with Gasteiger partial charge in [0.25, 0.3) is 10.0 Å². The van der Waals surface area contributed by atoms with Crippen LogP contribution in [0.15, 0.2) is 82.2 Å². The number of sulfonamides is 1. The standard InChI is InChI=1S/C29H34BrN3O5S/c1-5-26(29(35)31-3)32(18-17-22-9-7-6-8-10-22)28(34)20-33(23-13-11-21(2)12-14-23)39(36,37)24-15-16-27(38-4)25(30)19-24/h6-16,19,26H,5,17-18,20H2,1-4H3,(H,31,35)/t26-/m1/s1. The van der Waals surface area contributed by atoms with Crippen LogP contribution in [0.3, 0.4) is 0 Å². The van der Waals surface area contributed by atoms with E-state index < -0.39 is 28.5 Å². The van der Waals surface area contributed by atoms with E-state index in [0.717, 1.165) is 15.4 Å². The van der Waals surface area contributed by atoms with Crippen LogP contribution in [-0.2, 0) is 26.0 Å². The predicted molar refractivity (Wildman–Crippen MR) is 156 cm³/mol. The molecule has 0 unspecified atom stereocenters. The number of methoxy groups -OCH3 is 1. The number of halogens is 1. The molecule has 3 rings (SSSR count). The van der Waals surface area contributed by atoms with Crippen molar-refractivity contribution in [1.29, 1.82) is 0 Å². The molecule has 0 saturated heterocycles. The topological polar surface area (TPSA) is 96.0 Å². The van der Waals surface area contributed by atoms with E-state index in [9.17, 15) is 18.0 Å². The average Bonchev–Trinajstić information content (AvgIpc) is 2.94. The largest absolute Gasteiger partial charge is 0.496 e. The molecule has 8 nitrogen and oxygen atoms in total. The average molecular weight is 617 g/mol. The second-order valence-electron chi connectivity index (χ2n) is 9.00. The summed E-state index contributed by atoms with van der Waals surface area (Å²) >= 11 is 3.36. The van der Waals surface area contributed by atoms with Gasteiger partial charge in [-0.25, -0.2) is 8.42 Å². The first-order valence-corrected chi connectivity index (χ1v) is 14.8. The summed E-state index contributed by atoms with van der Waals surface area (Å²) in [5.74, 6) is -0.295. The van der Waals surface area contributed by atoms with Gasteiger partial charge in [0.1, 0.15) is 18.3 Å². The molecule has 1 N–H and O–H groups in total. The fourth-order valence-corrected chi connectivity index (χ4v) is 6.37. The molecule has 0 spiro atoms. The highest BCUT2D eigenvalue weighted by molar-refractivity contribution is 9.10. The van der Waals surface area contributed by atoms with E-state index >= 15 is 0 Å². The van der Waals surface area contributed by atoms with Crippen LogP contribution in [0, 0.1) is 6.92 Å². The lowest BCUT2D eigenvalue weighted by atomic mass is 10.1. The molecule has 3 aromatic rings. The molecule has 0 heterocycles. The fourth-order valence-electron chi connectivity index (χ4n) is 4.24. The third kappa shape index (κ3) is 7.39. The number of aryl methyl sites for hydroxylation is 1. The lowest BCUT2D eigenvalue weighted by molar-refractivity contribution is -0.139. The van der Waals surface area contributed by atoms with Crippen molar-refractivity contribution >= 4 is 43.5 Å². The van der Waals surface area contributed by atoms with Gasteiger partial charge in [-0.3, -0.25) is 13.9 Å². The Morgan fingerprint density at radius 2 is 1.69 bits per heavy atom. The maximum absolute atomic E-state index is 14.0. The zero-order valence-corrected chi connectivity index (χ0v) is 25.0. The van der Waals surface area contributed by atoms with Crippen LogP contribution in [0.2, 0.25) is 0 Å². The van der Waals surface area contributed by atoms with E-state index in [-0.39, 0.29) is 17.3 Å². The third-order valence-electron chi connectivity index (χ3n) is 6.43. The molecule has 0 aromatic heterocycles. The fraction of sp³-hybridized carbons (Fsp3) is 0.310. The molecule has 0 aliphatic carbocycles. The van der Waals surface area contributed by atoms with Crippen molar-refractivity contribution in [3.63, 3.8) is 0 Å². The quantitative estimate of drug-likeness (QED) is 0.322. The van der Waals surface area contributed by atoms with Crippen LogP contribution in [-0.4, -0.2) is 58.4 Å². The van der Waals surface area contributed by atoms with Crippen LogP contribution in [0.25, 0.3) is 0 Å². The van der Waals surface area contributed by atoms with E-state index in [4.69, 9.17) is 4.74 Å². The second-order valence-corrected chi connectivity index (χ2v) is 11.7. The Morgan fingerprint density at radius 3 is 2.26 bits per heavy atom. The molecule has 0 saturated carbocycles. The van der Waals surface area contributed by atoms with Gasteiger partial charge in [-0.2, -0.15) is 0 Å². The number of nitrogens with zero attached hydrogens (tertiary/aromatic N) is 2. The van der Waals surface area contributed by atoms with Crippen LogP contribution in [0.4, 0.5) is 5.69 Å². The maximum atomic E-state index is 14.0. The predicted octanol–water partition coefficient (Wildman–Crippen LogP) is 4.56. The summed E-state index contributed by atoms with van der Waals surface area (Å²) in [7, 11) is -1.15. The highest BCUT2D eigenvalue weighted by atomic mass is 79.9. The smallest absolute Gasteiger partial charge is 0.264 e. The number of carbonyl (C=O) groups excluding carboxylic acids is 2. The Hall–Kier alpha value is -3.37. The summed E-state index contributed by atoms with van der Waals surface area (Å²) in [5, 5.41) is 2.63. The highest BCUT2D eigenvalue weighted by Gasteiger charge is 2.33. The molecule has 0 aliphatic rings. The van der Waals surface area contributed by atoms with E-state index in [2.05, 4.69) is 21.2 Å². The molecular formula is C29H34BrN3O5S. The van der Waals surface area contributed by atoms with Crippen molar-refractivity contribution in [2.24, 2.45) is 0 Å². The first-order chi connectivity index (χ1) is 18.6. The van der Waals surface area contributed by atoms with Crippen molar-refractivity contribution < 1.29 is 22.7 Å². The zero-order valence-electron chi connectivity index (χ0n) is 22.6. The Morgan fingerprint density at radius 1 is 1.03 bits per heavy atom. The number of hydrogen-bond acceptors (Lipinski definition) is 5. The van der Waals surface area contributed by atoms with Gasteiger partial charge in [-0.15, -0.1) is 0 Å². The molecule has 0 aliphatic heterocycles. The first kappa shape index (κ1) is 30.2. The molecule has 3 aromatic carbocycles. The zero-order chi connectivity index (χ0) is 28.6. The number of likely N-dealkylation sites (N-methyl/N-ethyl adjacent to an activating group) is 1. The minimum Gasteiger partial charge on any atom is -0.496 e. The summed E-state index contributed by atoms with van der Waals surface area (Å²) in [5.41, 5.74) is 2.30. The summed E-state index contributed by atoms with van der Waals surface area (Å²) in [6.45, 7) is 3.50. The summed E-state index contributed by atoms with van der Waals surface area (Å²) in [4.78, 5) is 28.1. The number of benzene rings is 3. The van der Waals surface area contributed by atoms with Crippen LogP contribution in [0.1, 0.15) is 24.5 Å². The van der Waals surface area contributed by atoms with E-state index in [1.54, 1.807) is 30.3 Å². The van der Waals surface area contributed by atoms with Gasteiger partial charge in [0.05, 0.1) is 22.2 Å². The number of nitrogens with one attached hydrogen (secondary N) is 1. The van der Waals surface area contributed by atoms with E-state index in [1.165, 1.54) is 31.2 Å². The Labute approximate surface area is 239 Å².